The molecular weight excluding hydrogens is 326 g/mol. The van der Waals surface area contributed by atoms with Crippen LogP contribution in [0.5, 0.6) is 0 Å². The van der Waals surface area contributed by atoms with Crippen molar-refractivity contribution in [3.05, 3.63) is 53.6 Å². The molecule has 0 saturated heterocycles. The summed E-state index contributed by atoms with van der Waals surface area (Å²) in [5, 5.41) is 5.60. The highest BCUT2D eigenvalue weighted by Crippen LogP contribution is 2.20. The van der Waals surface area contributed by atoms with Crippen molar-refractivity contribution in [1.29, 1.82) is 0 Å². The van der Waals surface area contributed by atoms with Crippen molar-refractivity contribution in [2.75, 3.05) is 28.6 Å². The van der Waals surface area contributed by atoms with Crippen molar-refractivity contribution in [1.82, 2.24) is 0 Å². The van der Waals surface area contributed by atoms with Gasteiger partial charge in [0.15, 0.2) is 0 Å². The van der Waals surface area contributed by atoms with Gasteiger partial charge in [0.2, 0.25) is 11.8 Å². The fourth-order valence-corrected chi connectivity index (χ4v) is 2.89. The van der Waals surface area contributed by atoms with Crippen LogP contribution in [0.2, 0.25) is 0 Å². The molecule has 2 aromatic carbocycles. The highest BCUT2D eigenvalue weighted by atomic mass is 16.2. The highest BCUT2D eigenvalue weighted by molar-refractivity contribution is 6.08. The number of hydrogen-bond acceptors (Lipinski definition) is 3. The Hall–Kier alpha value is -2.82. The van der Waals surface area contributed by atoms with Crippen LogP contribution in [0.3, 0.4) is 0 Å². The van der Waals surface area contributed by atoms with Gasteiger partial charge in [0.05, 0.1) is 0 Å². The van der Waals surface area contributed by atoms with Gasteiger partial charge < -0.3 is 15.5 Å². The summed E-state index contributed by atoms with van der Waals surface area (Å²) in [4.78, 5) is 26.5. The SMILES string of the molecule is CCN(CC)c1ccc(NC(=O)CC(=O)Nc2c(C)cccc2C)cc1. The number of aryl methyl sites for hydroxylation is 2. The summed E-state index contributed by atoms with van der Waals surface area (Å²) < 4.78 is 0. The first-order valence-corrected chi connectivity index (χ1v) is 8.95. The average molecular weight is 353 g/mol. The number of rotatable bonds is 7. The fourth-order valence-electron chi connectivity index (χ4n) is 2.89. The van der Waals surface area contributed by atoms with Crippen molar-refractivity contribution < 1.29 is 9.59 Å². The van der Waals surface area contributed by atoms with Crippen LogP contribution in [0.4, 0.5) is 17.1 Å². The van der Waals surface area contributed by atoms with Crippen molar-refractivity contribution in [2.24, 2.45) is 0 Å². The maximum atomic E-state index is 12.2. The van der Waals surface area contributed by atoms with E-state index in [1.807, 2.05) is 56.3 Å². The van der Waals surface area contributed by atoms with Crippen molar-refractivity contribution in [2.45, 2.75) is 34.1 Å². The molecule has 0 spiro atoms. The van der Waals surface area contributed by atoms with Crippen LogP contribution in [-0.2, 0) is 9.59 Å². The number of carbonyl (C=O) groups excluding carboxylic acids is 2. The fraction of sp³-hybridized carbons (Fsp3) is 0.333. The van der Waals surface area contributed by atoms with E-state index >= 15 is 0 Å². The molecule has 26 heavy (non-hydrogen) atoms. The molecule has 2 N–H and O–H groups in total. The Kier molecular flexibility index (Phi) is 6.78. The normalized spacial score (nSPS) is 10.3. The van der Waals surface area contributed by atoms with Crippen LogP contribution in [0.15, 0.2) is 42.5 Å². The van der Waals surface area contributed by atoms with E-state index in [4.69, 9.17) is 0 Å². The molecule has 2 rings (SSSR count). The van der Waals surface area contributed by atoms with Gasteiger partial charge in [-0.15, -0.1) is 0 Å². The topological polar surface area (TPSA) is 61.4 Å². The van der Waals surface area contributed by atoms with Crippen molar-refractivity contribution in [3.8, 4) is 0 Å². The number of benzene rings is 2. The van der Waals surface area contributed by atoms with Gasteiger partial charge in [-0.2, -0.15) is 0 Å². The number of hydrogen-bond donors (Lipinski definition) is 2. The van der Waals surface area contributed by atoms with E-state index in [9.17, 15) is 9.59 Å². The Bertz CT molecular complexity index is 745. The average Bonchev–Trinajstić information content (AvgIpc) is 2.60. The largest absolute Gasteiger partial charge is 0.372 e. The standard InChI is InChI=1S/C21H27N3O2/c1-5-24(6-2)18-12-10-17(11-13-18)22-19(25)14-20(26)23-21-15(3)8-7-9-16(21)4/h7-13H,5-6,14H2,1-4H3,(H,22,25)(H,23,26). The quantitative estimate of drug-likeness (QED) is 0.736. The molecule has 0 saturated carbocycles. The molecule has 138 valence electrons. The van der Waals surface area contributed by atoms with E-state index in [1.165, 1.54) is 0 Å². The number of carbonyl (C=O) groups is 2. The summed E-state index contributed by atoms with van der Waals surface area (Å²) in [5.74, 6) is -0.649. The third-order valence-electron chi connectivity index (χ3n) is 4.35. The van der Waals surface area contributed by atoms with E-state index < -0.39 is 0 Å². The number of nitrogens with zero attached hydrogens (tertiary/aromatic N) is 1. The van der Waals surface area contributed by atoms with Gasteiger partial charge in [0, 0.05) is 30.2 Å². The zero-order valence-corrected chi connectivity index (χ0v) is 15.9. The summed E-state index contributed by atoms with van der Waals surface area (Å²) in [6.45, 7) is 9.93. The van der Waals surface area contributed by atoms with Crippen molar-refractivity contribution >= 4 is 28.9 Å². The lowest BCUT2D eigenvalue weighted by molar-refractivity contribution is -0.123. The van der Waals surface area contributed by atoms with E-state index in [1.54, 1.807) is 0 Å². The lowest BCUT2D eigenvalue weighted by Gasteiger charge is -2.21. The minimum atomic E-state index is -0.329. The second-order valence-electron chi connectivity index (χ2n) is 6.26. The first-order valence-electron chi connectivity index (χ1n) is 8.95. The van der Waals surface area contributed by atoms with Gasteiger partial charge in [-0.05, 0) is 63.1 Å². The maximum absolute atomic E-state index is 12.2. The van der Waals surface area contributed by atoms with Gasteiger partial charge in [-0.1, -0.05) is 18.2 Å². The summed E-state index contributed by atoms with van der Waals surface area (Å²) in [6.07, 6.45) is -0.217. The Morgan fingerprint density at radius 3 is 1.92 bits per heavy atom. The molecule has 2 aromatic rings. The molecule has 0 unspecified atom stereocenters. The van der Waals surface area contributed by atoms with Gasteiger partial charge in [0.1, 0.15) is 6.42 Å². The Morgan fingerprint density at radius 1 is 0.846 bits per heavy atom. The van der Waals surface area contributed by atoms with Crippen molar-refractivity contribution in [3.63, 3.8) is 0 Å². The predicted molar refractivity (Wildman–Crippen MR) is 108 cm³/mol. The molecule has 0 radical (unpaired) electrons. The van der Waals surface area contributed by atoms with Gasteiger partial charge in [0.25, 0.3) is 0 Å². The third-order valence-corrected chi connectivity index (χ3v) is 4.35. The minimum absolute atomic E-state index is 0.217. The maximum Gasteiger partial charge on any atom is 0.233 e. The van der Waals surface area contributed by atoms with Gasteiger partial charge in [-0.3, -0.25) is 9.59 Å². The molecule has 0 atom stereocenters. The second-order valence-corrected chi connectivity index (χ2v) is 6.26. The smallest absolute Gasteiger partial charge is 0.233 e. The molecule has 2 amide bonds. The van der Waals surface area contributed by atoms with Crippen LogP contribution in [-0.4, -0.2) is 24.9 Å². The number of anilines is 3. The van der Waals surface area contributed by atoms with E-state index in [0.29, 0.717) is 5.69 Å². The summed E-state index contributed by atoms with van der Waals surface area (Å²) in [5.41, 5.74) is 4.52. The van der Waals surface area contributed by atoms with Crippen LogP contribution in [0.25, 0.3) is 0 Å². The Morgan fingerprint density at radius 2 is 1.38 bits per heavy atom. The highest BCUT2D eigenvalue weighted by Gasteiger charge is 2.12. The Labute approximate surface area is 155 Å². The Balaban J connectivity index is 1.93. The number of para-hydroxylation sites is 1. The van der Waals surface area contributed by atoms with Gasteiger partial charge in [-0.25, -0.2) is 0 Å². The molecule has 0 aliphatic heterocycles. The van der Waals surface area contributed by atoms with Crippen LogP contribution in [0, 0.1) is 13.8 Å². The van der Waals surface area contributed by atoms with Gasteiger partial charge >= 0.3 is 0 Å². The van der Waals surface area contributed by atoms with E-state index in [-0.39, 0.29) is 18.2 Å². The minimum Gasteiger partial charge on any atom is -0.372 e. The molecule has 0 aromatic heterocycles. The molecule has 0 aliphatic carbocycles. The second kappa shape index (κ2) is 9.04. The van der Waals surface area contributed by atoms with Crippen LogP contribution < -0.4 is 15.5 Å². The molecule has 0 bridgehead atoms. The molecule has 0 aliphatic rings. The molecule has 0 fully saturated rings. The summed E-state index contributed by atoms with van der Waals surface area (Å²) >= 11 is 0. The molecule has 5 heteroatoms. The van der Waals surface area contributed by atoms with E-state index in [2.05, 4.69) is 29.4 Å². The monoisotopic (exact) mass is 353 g/mol. The summed E-state index contributed by atoms with van der Waals surface area (Å²) in [7, 11) is 0. The number of nitrogens with one attached hydrogen (secondary N) is 2. The van der Waals surface area contributed by atoms with Crippen LogP contribution in [0.1, 0.15) is 31.4 Å². The zero-order valence-electron chi connectivity index (χ0n) is 15.9. The van der Waals surface area contributed by atoms with E-state index in [0.717, 1.165) is 35.6 Å². The first-order chi connectivity index (χ1) is 12.4. The molecule has 5 nitrogen and oxygen atoms in total. The predicted octanol–water partition coefficient (Wildman–Crippen LogP) is 4.12. The lowest BCUT2D eigenvalue weighted by Crippen LogP contribution is -2.23. The molecule has 0 heterocycles. The first kappa shape index (κ1) is 19.5. The number of amides is 2. The molecular formula is C21H27N3O2. The lowest BCUT2D eigenvalue weighted by atomic mass is 10.1. The third kappa shape index (κ3) is 5.09. The summed E-state index contributed by atoms with van der Waals surface area (Å²) in [6, 6.07) is 13.5. The van der Waals surface area contributed by atoms with Crippen LogP contribution >= 0.6 is 0 Å². The zero-order chi connectivity index (χ0) is 19.1.